The molecule has 0 aliphatic heterocycles. The van der Waals surface area contributed by atoms with Crippen molar-refractivity contribution in [3.05, 3.63) is 88.0 Å². The van der Waals surface area contributed by atoms with E-state index in [0.717, 1.165) is 46.6 Å². The number of carbonyl (C=O) groups excluding carboxylic acids is 1. The summed E-state index contributed by atoms with van der Waals surface area (Å²) in [6.45, 7) is 4.14. The number of alkyl carbamates (subject to hydrolysis) is 1. The predicted molar refractivity (Wildman–Crippen MR) is 124 cm³/mol. The molecule has 0 radical (unpaired) electrons. The highest BCUT2D eigenvalue weighted by Gasteiger charge is 2.23. The number of aromatic nitrogens is 2. The molecule has 1 aliphatic carbocycles. The molecule has 0 saturated carbocycles. The molecular weight excluding hydrogens is 400 g/mol. The molecule has 0 bridgehead atoms. The average molecular weight is 427 g/mol. The third-order valence-electron chi connectivity index (χ3n) is 5.36. The number of rotatable bonds is 3. The summed E-state index contributed by atoms with van der Waals surface area (Å²) in [6.07, 6.45) is 1.82. The third kappa shape index (κ3) is 5.44. The summed E-state index contributed by atoms with van der Waals surface area (Å²) in [7, 11) is 0. The Morgan fingerprint density at radius 1 is 1.12 bits per heavy atom. The van der Waals surface area contributed by atoms with Gasteiger partial charge in [0.25, 0.3) is 0 Å². The van der Waals surface area contributed by atoms with Gasteiger partial charge >= 0.3 is 6.09 Å². The van der Waals surface area contributed by atoms with Crippen LogP contribution in [0.1, 0.15) is 45.9 Å². The van der Waals surface area contributed by atoms with Crippen LogP contribution in [0.25, 0.3) is 0 Å². The normalized spacial score (nSPS) is 14.6. The minimum Gasteiger partial charge on any atom is -0.445 e. The number of amides is 1. The van der Waals surface area contributed by atoms with Gasteiger partial charge in [0.05, 0.1) is 5.69 Å². The molecule has 2 heterocycles. The second kappa shape index (κ2) is 9.52. The number of hydrogen-bond donors (Lipinski definition) is 2. The van der Waals surface area contributed by atoms with Crippen LogP contribution in [0.4, 0.5) is 10.5 Å². The number of pyridine rings is 2. The first kappa shape index (κ1) is 21.4. The van der Waals surface area contributed by atoms with Crippen molar-refractivity contribution in [1.82, 2.24) is 15.3 Å². The lowest BCUT2D eigenvalue weighted by molar-refractivity contribution is 0.134. The molecule has 162 valence electrons. The molecule has 0 fully saturated rings. The number of ether oxygens (including phenoxy) is 1. The van der Waals surface area contributed by atoms with Crippen LogP contribution >= 0.6 is 0 Å². The molecule has 1 amide bonds. The van der Waals surface area contributed by atoms with Gasteiger partial charge in [-0.2, -0.15) is 0 Å². The van der Waals surface area contributed by atoms with E-state index in [4.69, 9.17) is 15.5 Å². The first-order chi connectivity index (χ1) is 15.5. The standard InChI is InChI=1S/C26H26N4O2/c1-17-12-20(13-18(2)28-17)8-11-24-23(27)14-21-9-10-22(15-25(21)30-24)29-26(31)32-16-19-6-4-3-5-7-19/h3-7,12-14,22H,9-10,15-16,27H2,1-2H3,(H,29,31). The van der Waals surface area contributed by atoms with Gasteiger partial charge in [-0.3, -0.25) is 4.98 Å². The van der Waals surface area contributed by atoms with Crippen molar-refractivity contribution in [2.24, 2.45) is 0 Å². The second-order valence-corrected chi connectivity index (χ2v) is 8.07. The number of nitrogen functional groups attached to an aromatic ring is 1. The highest BCUT2D eigenvalue weighted by molar-refractivity contribution is 5.67. The summed E-state index contributed by atoms with van der Waals surface area (Å²) < 4.78 is 5.35. The van der Waals surface area contributed by atoms with E-state index in [2.05, 4.69) is 22.1 Å². The maximum atomic E-state index is 12.2. The molecule has 1 aliphatic rings. The van der Waals surface area contributed by atoms with Crippen LogP contribution < -0.4 is 11.1 Å². The zero-order chi connectivity index (χ0) is 22.5. The Bertz CT molecular complexity index is 1180. The van der Waals surface area contributed by atoms with Crippen molar-refractivity contribution in [3.8, 4) is 11.8 Å². The van der Waals surface area contributed by atoms with E-state index in [0.29, 0.717) is 17.8 Å². The van der Waals surface area contributed by atoms with E-state index in [1.807, 2.05) is 62.4 Å². The van der Waals surface area contributed by atoms with Crippen molar-refractivity contribution in [2.45, 2.75) is 45.8 Å². The number of aryl methyl sites for hydroxylation is 3. The highest BCUT2D eigenvalue weighted by atomic mass is 16.5. The Hall–Kier alpha value is -3.85. The van der Waals surface area contributed by atoms with Crippen LogP contribution in [0, 0.1) is 25.7 Å². The topological polar surface area (TPSA) is 90.1 Å². The first-order valence-electron chi connectivity index (χ1n) is 10.7. The smallest absolute Gasteiger partial charge is 0.407 e. The van der Waals surface area contributed by atoms with Crippen molar-refractivity contribution < 1.29 is 9.53 Å². The van der Waals surface area contributed by atoms with Crippen molar-refractivity contribution in [1.29, 1.82) is 0 Å². The molecule has 2 aromatic heterocycles. The van der Waals surface area contributed by atoms with E-state index in [1.54, 1.807) is 0 Å². The Morgan fingerprint density at radius 2 is 1.88 bits per heavy atom. The maximum Gasteiger partial charge on any atom is 0.407 e. The molecule has 6 heteroatoms. The fraction of sp³-hybridized carbons (Fsp3) is 0.269. The fourth-order valence-electron chi connectivity index (χ4n) is 3.86. The Morgan fingerprint density at radius 3 is 2.62 bits per heavy atom. The van der Waals surface area contributed by atoms with E-state index < -0.39 is 6.09 Å². The average Bonchev–Trinajstić information content (AvgIpc) is 2.76. The number of hydrogen-bond acceptors (Lipinski definition) is 5. The van der Waals surface area contributed by atoms with E-state index in [9.17, 15) is 4.79 Å². The van der Waals surface area contributed by atoms with Crippen LogP contribution in [0.5, 0.6) is 0 Å². The van der Waals surface area contributed by atoms with E-state index in [1.165, 1.54) is 0 Å². The third-order valence-corrected chi connectivity index (χ3v) is 5.36. The molecule has 6 nitrogen and oxygen atoms in total. The lowest BCUT2D eigenvalue weighted by atomic mass is 9.91. The molecule has 1 atom stereocenters. The number of fused-ring (bicyclic) bond motifs is 1. The van der Waals surface area contributed by atoms with Gasteiger partial charge in [0.1, 0.15) is 12.3 Å². The Balaban J connectivity index is 1.43. The molecule has 3 N–H and O–H groups in total. The number of carbonyl (C=O) groups is 1. The summed E-state index contributed by atoms with van der Waals surface area (Å²) in [4.78, 5) is 21.3. The Labute approximate surface area is 188 Å². The maximum absolute atomic E-state index is 12.2. The van der Waals surface area contributed by atoms with Crippen LogP contribution in [0.2, 0.25) is 0 Å². The quantitative estimate of drug-likeness (QED) is 0.621. The van der Waals surface area contributed by atoms with Crippen LogP contribution in [0.15, 0.2) is 48.5 Å². The zero-order valence-corrected chi connectivity index (χ0v) is 18.3. The van der Waals surface area contributed by atoms with Gasteiger partial charge in [-0.05, 0) is 61.9 Å². The lowest BCUT2D eigenvalue weighted by Gasteiger charge is -2.25. The van der Waals surface area contributed by atoms with Gasteiger partial charge in [0, 0.05) is 35.1 Å². The van der Waals surface area contributed by atoms with Crippen LogP contribution in [0.3, 0.4) is 0 Å². The van der Waals surface area contributed by atoms with Gasteiger partial charge in [0.2, 0.25) is 0 Å². The minimum atomic E-state index is -0.416. The second-order valence-electron chi connectivity index (χ2n) is 8.07. The van der Waals surface area contributed by atoms with Crippen molar-refractivity contribution in [3.63, 3.8) is 0 Å². The molecular formula is C26H26N4O2. The van der Waals surface area contributed by atoms with E-state index in [-0.39, 0.29) is 12.6 Å². The number of benzene rings is 1. The Kier molecular flexibility index (Phi) is 6.37. The van der Waals surface area contributed by atoms with Crippen molar-refractivity contribution >= 4 is 11.8 Å². The molecule has 0 saturated heterocycles. The summed E-state index contributed by atoms with van der Waals surface area (Å²) >= 11 is 0. The van der Waals surface area contributed by atoms with Crippen LogP contribution in [-0.4, -0.2) is 22.1 Å². The number of nitrogens with two attached hydrogens (primary N) is 1. The fourth-order valence-corrected chi connectivity index (χ4v) is 3.86. The lowest BCUT2D eigenvalue weighted by Crippen LogP contribution is -2.39. The molecule has 1 unspecified atom stereocenters. The van der Waals surface area contributed by atoms with Gasteiger partial charge in [-0.25, -0.2) is 9.78 Å². The SMILES string of the molecule is Cc1cc(C#Cc2nc3c(cc2N)CCC(NC(=O)OCc2ccccc2)C3)cc(C)n1. The van der Waals surface area contributed by atoms with Gasteiger partial charge in [0.15, 0.2) is 0 Å². The predicted octanol–water partition coefficient (Wildman–Crippen LogP) is 3.86. The molecule has 3 aromatic rings. The minimum absolute atomic E-state index is 0.0341. The molecule has 4 rings (SSSR count). The van der Waals surface area contributed by atoms with E-state index >= 15 is 0 Å². The highest BCUT2D eigenvalue weighted by Crippen LogP contribution is 2.24. The van der Waals surface area contributed by atoms with Gasteiger partial charge in [-0.1, -0.05) is 36.3 Å². The largest absolute Gasteiger partial charge is 0.445 e. The number of anilines is 1. The molecule has 1 aromatic carbocycles. The number of nitrogens with zero attached hydrogens (tertiary/aromatic N) is 2. The van der Waals surface area contributed by atoms with Crippen LogP contribution in [-0.2, 0) is 24.2 Å². The first-order valence-corrected chi connectivity index (χ1v) is 10.7. The molecule has 0 spiro atoms. The summed E-state index contributed by atoms with van der Waals surface area (Å²) in [5.74, 6) is 6.25. The summed E-state index contributed by atoms with van der Waals surface area (Å²) in [5, 5.41) is 2.96. The molecule has 32 heavy (non-hydrogen) atoms. The monoisotopic (exact) mass is 426 g/mol. The van der Waals surface area contributed by atoms with Gasteiger partial charge < -0.3 is 15.8 Å². The van der Waals surface area contributed by atoms with Crippen molar-refractivity contribution in [2.75, 3.05) is 5.73 Å². The number of nitrogens with one attached hydrogen (secondary N) is 1. The zero-order valence-electron chi connectivity index (χ0n) is 18.3. The van der Waals surface area contributed by atoms with Gasteiger partial charge in [-0.15, -0.1) is 0 Å². The summed E-state index contributed by atoms with van der Waals surface area (Å²) in [6, 6.07) is 15.4. The summed E-state index contributed by atoms with van der Waals surface area (Å²) in [5.41, 5.74) is 13.1.